The van der Waals surface area contributed by atoms with Crippen molar-refractivity contribution in [2.75, 3.05) is 39.8 Å². The summed E-state index contributed by atoms with van der Waals surface area (Å²) < 4.78 is 5.18. The molecule has 2 heterocycles. The van der Waals surface area contributed by atoms with E-state index in [2.05, 4.69) is 22.0 Å². The van der Waals surface area contributed by atoms with Crippen LogP contribution in [0.25, 0.3) is 0 Å². The van der Waals surface area contributed by atoms with Gasteiger partial charge in [-0.2, -0.15) is 0 Å². The first-order chi connectivity index (χ1) is 12.2. The predicted molar refractivity (Wildman–Crippen MR) is 100 cm³/mol. The van der Waals surface area contributed by atoms with Gasteiger partial charge in [-0.3, -0.25) is 4.90 Å². The largest absolute Gasteiger partial charge is 0.504 e. The molecule has 0 aromatic heterocycles. The van der Waals surface area contributed by atoms with E-state index >= 15 is 0 Å². The average molecular weight is 346 g/mol. The zero-order chi connectivity index (χ0) is 17.6. The summed E-state index contributed by atoms with van der Waals surface area (Å²) in [6.07, 6.45) is 3.87. The summed E-state index contributed by atoms with van der Waals surface area (Å²) in [5, 5.41) is 13.6. The smallest absolute Gasteiger partial charge is 0.194 e. The summed E-state index contributed by atoms with van der Waals surface area (Å²) in [6, 6.07) is 6.18. The second kappa shape index (κ2) is 8.43. The lowest BCUT2D eigenvalue weighted by Gasteiger charge is -2.25. The van der Waals surface area contributed by atoms with Crippen molar-refractivity contribution in [3.05, 3.63) is 23.8 Å². The van der Waals surface area contributed by atoms with Crippen molar-refractivity contribution in [3.8, 4) is 11.5 Å². The van der Waals surface area contributed by atoms with Gasteiger partial charge in [-0.1, -0.05) is 12.1 Å². The number of hydrogen-bond acceptors (Lipinski definition) is 4. The highest BCUT2D eigenvalue weighted by Crippen LogP contribution is 2.30. The molecular weight excluding hydrogens is 316 g/mol. The number of methoxy groups -OCH3 is 1. The normalized spacial score (nSPS) is 21.8. The highest BCUT2D eigenvalue weighted by molar-refractivity contribution is 5.80. The van der Waals surface area contributed by atoms with Crippen molar-refractivity contribution in [1.82, 2.24) is 15.1 Å². The minimum atomic E-state index is 0.181. The molecule has 3 rings (SSSR count). The Balaban J connectivity index is 1.67. The molecule has 0 aliphatic carbocycles. The van der Waals surface area contributed by atoms with Gasteiger partial charge in [0.2, 0.25) is 0 Å². The first-order valence-corrected chi connectivity index (χ1v) is 9.35. The van der Waals surface area contributed by atoms with Crippen molar-refractivity contribution in [2.24, 2.45) is 4.99 Å². The molecule has 0 spiro atoms. The van der Waals surface area contributed by atoms with Gasteiger partial charge in [-0.25, -0.2) is 4.99 Å². The van der Waals surface area contributed by atoms with Gasteiger partial charge >= 0.3 is 0 Å². The van der Waals surface area contributed by atoms with Crippen molar-refractivity contribution in [1.29, 1.82) is 0 Å². The lowest BCUT2D eigenvalue weighted by Crippen LogP contribution is -2.42. The van der Waals surface area contributed by atoms with E-state index in [0.29, 0.717) is 18.3 Å². The summed E-state index contributed by atoms with van der Waals surface area (Å²) in [5.74, 6) is 1.61. The van der Waals surface area contributed by atoms with E-state index in [1.54, 1.807) is 13.2 Å². The molecule has 0 bridgehead atoms. The highest BCUT2D eigenvalue weighted by atomic mass is 16.5. The Labute approximate surface area is 150 Å². The van der Waals surface area contributed by atoms with Crippen molar-refractivity contribution < 1.29 is 9.84 Å². The molecule has 2 aliphatic rings. The van der Waals surface area contributed by atoms with Crippen molar-refractivity contribution in [2.45, 2.75) is 38.8 Å². The number of benzene rings is 1. The summed E-state index contributed by atoms with van der Waals surface area (Å²) in [4.78, 5) is 9.73. The molecule has 6 nitrogen and oxygen atoms in total. The molecule has 2 fully saturated rings. The first-order valence-electron chi connectivity index (χ1n) is 9.35. The Morgan fingerprint density at radius 3 is 2.84 bits per heavy atom. The molecule has 0 amide bonds. The zero-order valence-corrected chi connectivity index (χ0v) is 15.4. The van der Waals surface area contributed by atoms with Crippen LogP contribution in [0, 0.1) is 0 Å². The molecular formula is C19H30N4O2. The Kier molecular flexibility index (Phi) is 6.02. The molecule has 1 unspecified atom stereocenters. The number of aromatic hydroxyl groups is 1. The number of para-hydroxylation sites is 1. The third-order valence-electron chi connectivity index (χ3n) is 5.16. The topological polar surface area (TPSA) is 60.3 Å². The molecule has 1 aromatic rings. The zero-order valence-electron chi connectivity index (χ0n) is 15.4. The maximum Gasteiger partial charge on any atom is 0.194 e. The maximum atomic E-state index is 10.2. The molecule has 1 aromatic carbocycles. The molecule has 2 saturated heterocycles. The Morgan fingerprint density at radius 2 is 2.12 bits per heavy atom. The predicted octanol–water partition coefficient (Wildman–Crippen LogP) is 2.04. The second-order valence-electron chi connectivity index (χ2n) is 6.77. The minimum absolute atomic E-state index is 0.181. The summed E-state index contributed by atoms with van der Waals surface area (Å²) in [6.45, 7) is 7.93. The maximum absolute atomic E-state index is 10.2. The number of nitrogens with one attached hydrogen (secondary N) is 1. The average Bonchev–Trinajstić information content (AvgIpc) is 3.30. The van der Waals surface area contributed by atoms with Crippen LogP contribution in [0.2, 0.25) is 0 Å². The molecule has 2 N–H and O–H groups in total. The number of rotatable bonds is 5. The Hall–Kier alpha value is -1.95. The standard InChI is InChI=1S/C19H30N4O2/c1-3-20-19(21-13-15-7-6-8-17(25-2)18(15)24)23-12-9-16(14-23)22-10-4-5-11-22/h6-8,16,24H,3-5,9-14H2,1-2H3,(H,20,21). The van der Waals surface area contributed by atoms with Crippen LogP contribution < -0.4 is 10.1 Å². The van der Waals surface area contributed by atoms with Crippen molar-refractivity contribution >= 4 is 5.96 Å². The first kappa shape index (κ1) is 17.9. The van der Waals surface area contributed by atoms with Gasteiger partial charge in [0.1, 0.15) is 0 Å². The van der Waals surface area contributed by atoms with E-state index in [0.717, 1.165) is 31.2 Å². The van der Waals surface area contributed by atoms with Crippen LogP contribution in [0.1, 0.15) is 31.7 Å². The summed E-state index contributed by atoms with van der Waals surface area (Å²) >= 11 is 0. The summed E-state index contributed by atoms with van der Waals surface area (Å²) in [5.41, 5.74) is 0.782. The van der Waals surface area contributed by atoms with Gasteiger partial charge in [-0.05, 0) is 45.3 Å². The number of ether oxygens (including phenoxy) is 1. The minimum Gasteiger partial charge on any atom is -0.504 e. The fourth-order valence-electron chi connectivity index (χ4n) is 3.78. The van der Waals surface area contributed by atoms with Gasteiger partial charge in [0.05, 0.1) is 13.7 Å². The van der Waals surface area contributed by atoms with E-state index in [1.165, 1.54) is 32.4 Å². The molecule has 0 radical (unpaired) electrons. The molecule has 138 valence electrons. The van der Waals surface area contributed by atoms with E-state index in [4.69, 9.17) is 9.73 Å². The molecule has 25 heavy (non-hydrogen) atoms. The lowest BCUT2D eigenvalue weighted by molar-refractivity contribution is 0.249. The van der Waals surface area contributed by atoms with Crippen LogP contribution in [-0.2, 0) is 6.54 Å². The van der Waals surface area contributed by atoms with Crippen LogP contribution >= 0.6 is 0 Å². The number of phenolic OH excluding ortho intramolecular Hbond substituents is 1. The number of likely N-dealkylation sites (tertiary alicyclic amines) is 2. The van der Waals surface area contributed by atoms with E-state index in [-0.39, 0.29) is 5.75 Å². The molecule has 0 saturated carbocycles. The SMILES string of the molecule is CCNC(=NCc1cccc(OC)c1O)N1CCC(N2CCCC2)C1. The monoisotopic (exact) mass is 346 g/mol. The van der Waals surface area contributed by atoms with Gasteiger partial charge in [-0.15, -0.1) is 0 Å². The number of nitrogens with zero attached hydrogens (tertiary/aromatic N) is 3. The van der Waals surface area contributed by atoms with Gasteiger partial charge in [0.15, 0.2) is 17.5 Å². The third kappa shape index (κ3) is 4.18. The van der Waals surface area contributed by atoms with E-state index < -0.39 is 0 Å². The number of phenols is 1. The number of hydrogen-bond donors (Lipinski definition) is 2. The van der Waals surface area contributed by atoms with Crippen molar-refractivity contribution in [3.63, 3.8) is 0 Å². The van der Waals surface area contributed by atoms with E-state index in [1.807, 2.05) is 12.1 Å². The van der Waals surface area contributed by atoms with Gasteiger partial charge < -0.3 is 20.1 Å². The fourth-order valence-corrected chi connectivity index (χ4v) is 3.78. The van der Waals surface area contributed by atoms with Crippen LogP contribution in [0.15, 0.2) is 23.2 Å². The molecule has 2 aliphatic heterocycles. The Bertz CT molecular complexity index is 599. The second-order valence-corrected chi connectivity index (χ2v) is 6.77. The number of guanidine groups is 1. The fraction of sp³-hybridized carbons (Fsp3) is 0.632. The quantitative estimate of drug-likeness (QED) is 0.631. The van der Waals surface area contributed by atoms with Gasteiger partial charge in [0.25, 0.3) is 0 Å². The molecule has 1 atom stereocenters. The Morgan fingerprint density at radius 1 is 1.32 bits per heavy atom. The van der Waals surface area contributed by atoms with Crippen LogP contribution in [0.4, 0.5) is 0 Å². The van der Waals surface area contributed by atoms with E-state index in [9.17, 15) is 5.11 Å². The number of aliphatic imine (C=N–C) groups is 1. The third-order valence-corrected chi connectivity index (χ3v) is 5.16. The highest BCUT2D eigenvalue weighted by Gasteiger charge is 2.30. The van der Waals surface area contributed by atoms with Crippen LogP contribution in [0.3, 0.4) is 0 Å². The van der Waals surface area contributed by atoms with Crippen LogP contribution in [0.5, 0.6) is 11.5 Å². The van der Waals surface area contributed by atoms with Crippen LogP contribution in [-0.4, -0.2) is 66.7 Å². The lowest BCUT2D eigenvalue weighted by atomic mass is 10.2. The van der Waals surface area contributed by atoms with Gasteiger partial charge in [0, 0.05) is 31.2 Å². The molecule has 6 heteroatoms. The summed E-state index contributed by atoms with van der Waals surface area (Å²) in [7, 11) is 1.56.